The molecule has 0 spiro atoms. The van der Waals surface area contributed by atoms with Crippen molar-refractivity contribution in [3.05, 3.63) is 75.9 Å². The average molecular weight is 581 g/mol. The number of thioether (sulfide) groups is 1. The van der Waals surface area contributed by atoms with Gasteiger partial charge < -0.3 is 19.9 Å². The van der Waals surface area contributed by atoms with E-state index in [9.17, 15) is 4.79 Å². The first-order chi connectivity index (χ1) is 19.5. The Bertz CT molecular complexity index is 1310. The van der Waals surface area contributed by atoms with Crippen molar-refractivity contribution in [2.24, 2.45) is 0 Å². The largest absolute Gasteiger partial charge is 0.379 e. The molecule has 0 unspecified atom stereocenters. The minimum Gasteiger partial charge on any atom is -0.379 e. The van der Waals surface area contributed by atoms with E-state index in [2.05, 4.69) is 33.0 Å². The fourth-order valence-electron chi connectivity index (χ4n) is 5.03. The number of aromatic nitrogens is 2. The van der Waals surface area contributed by atoms with Crippen LogP contribution in [0.15, 0.2) is 53.7 Å². The van der Waals surface area contributed by atoms with E-state index in [-0.39, 0.29) is 5.91 Å². The minimum absolute atomic E-state index is 0.0410. The number of nitrogens with zero attached hydrogens (tertiary/aromatic N) is 5. The van der Waals surface area contributed by atoms with E-state index in [1.54, 1.807) is 11.8 Å². The maximum absolute atomic E-state index is 12.7. The van der Waals surface area contributed by atoms with Crippen LogP contribution in [0.5, 0.6) is 0 Å². The van der Waals surface area contributed by atoms with Crippen LogP contribution in [-0.2, 0) is 10.5 Å². The Hall–Kier alpha value is -2.85. The van der Waals surface area contributed by atoms with E-state index in [1.807, 2.05) is 49.4 Å². The molecule has 10 heteroatoms. The summed E-state index contributed by atoms with van der Waals surface area (Å²) in [5.74, 6) is 1.65. The van der Waals surface area contributed by atoms with E-state index >= 15 is 0 Å². The van der Waals surface area contributed by atoms with Gasteiger partial charge in [-0.05, 0) is 43.7 Å². The first-order valence-corrected chi connectivity index (χ1v) is 15.2. The molecular weight excluding hydrogens is 544 g/mol. The van der Waals surface area contributed by atoms with E-state index in [1.165, 1.54) is 0 Å². The van der Waals surface area contributed by atoms with E-state index in [0.29, 0.717) is 17.9 Å². The zero-order valence-corrected chi connectivity index (χ0v) is 24.8. The van der Waals surface area contributed by atoms with Crippen LogP contribution in [0.1, 0.15) is 27.2 Å². The summed E-state index contributed by atoms with van der Waals surface area (Å²) in [7, 11) is 0. The second-order valence-corrected chi connectivity index (χ2v) is 11.5. The molecule has 0 bridgehead atoms. The number of nitrogens with one attached hydrogen (secondary N) is 1. The average Bonchev–Trinajstić information content (AvgIpc) is 2.99. The molecule has 1 N–H and O–H groups in total. The Labute approximate surface area is 246 Å². The van der Waals surface area contributed by atoms with Crippen molar-refractivity contribution in [1.82, 2.24) is 20.2 Å². The lowest BCUT2D eigenvalue weighted by atomic mass is 10.1. The van der Waals surface area contributed by atoms with Gasteiger partial charge in [0.2, 0.25) is 0 Å². The molecule has 3 heterocycles. The van der Waals surface area contributed by atoms with Gasteiger partial charge in [0.1, 0.15) is 5.82 Å². The van der Waals surface area contributed by atoms with Crippen LogP contribution >= 0.6 is 23.4 Å². The summed E-state index contributed by atoms with van der Waals surface area (Å²) in [5.41, 5.74) is 4.95. The molecule has 2 aliphatic rings. The molecule has 8 nitrogen and oxygen atoms in total. The third-order valence-corrected chi connectivity index (χ3v) is 8.73. The molecule has 2 aliphatic heterocycles. The standard InChI is InChI=1S/C30H37ClN6O2S/c1-22-23(2)33-30(34-28(22)37-14-12-36(13-15-37)27-9-4-3-8-26(27)31)40-21-24-6-5-7-25(20-24)29(38)32-10-11-35-16-18-39-19-17-35/h3-9,20H,10-19,21H2,1-2H3,(H,32,38). The highest BCUT2D eigenvalue weighted by Gasteiger charge is 2.22. The summed E-state index contributed by atoms with van der Waals surface area (Å²) in [6.07, 6.45) is 0. The maximum Gasteiger partial charge on any atom is 0.251 e. The number of piperazine rings is 1. The monoisotopic (exact) mass is 580 g/mol. The fraction of sp³-hybridized carbons (Fsp3) is 0.433. The summed E-state index contributed by atoms with van der Waals surface area (Å²) in [4.78, 5) is 29.5. The lowest BCUT2D eigenvalue weighted by Crippen LogP contribution is -2.47. The lowest BCUT2D eigenvalue weighted by molar-refractivity contribution is 0.0383. The van der Waals surface area contributed by atoms with E-state index < -0.39 is 0 Å². The molecule has 5 rings (SSSR count). The predicted molar refractivity (Wildman–Crippen MR) is 163 cm³/mol. The fourth-order valence-corrected chi connectivity index (χ4v) is 6.12. The van der Waals surface area contributed by atoms with Crippen molar-refractivity contribution in [3.8, 4) is 0 Å². The van der Waals surface area contributed by atoms with Crippen molar-refractivity contribution in [2.45, 2.75) is 24.8 Å². The van der Waals surface area contributed by atoms with Crippen LogP contribution in [0.4, 0.5) is 11.5 Å². The summed E-state index contributed by atoms with van der Waals surface area (Å²) in [6, 6.07) is 15.8. The maximum atomic E-state index is 12.7. The van der Waals surface area contributed by atoms with Crippen molar-refractivity contribution >= 4 is 40.8 Å². The number of hydrogen-bond acceptors (Lipinski definition) is 8. The number of halogens is 1. The number of anilines is 2. The second-order valence-electron chi connectivity index (χ2n) is 10.2. The number of morpholine rings is 1. The molecule has 1 amide bonds. The Morgan fingerprint density at radius 2 is 1.73 bits per heavy atom. The number of para-hydroxylation sites is 1. The summed E-state index contributed by atoms with van der Waals surface area (Å²) in [6.45, 7) is 12.5. The molecule has 3 aromatic rings. The van der Waals surface area contributed by atoms with Crippen LogP contribution in [0.25, 0.3) is 0 Å². The van der Waals surface area contributed by atoms with E-state index in [0.717, 1.165) is 97.5 Å². The molecule has 0 aliphatic carbocycles. The number of carbonyl (C=O) groups excluding carboxylic acids is 1. The zero-order valence-electron chi connectivity index (χ0n) is 23.2. The van der Waals surface area contributed by atoms with Gasteiger partial charge >= 0.3 is 0 Å². The third kappa shape index (κ3) is 7.26. The van der Waals surface area contributed by atoms with Gasteiger partial charge in [-0.3, -0.25) is 9.69 Å². The van der Waals surface area contributed by atoms with Crippen LogP contribution < -0.4 is 15.1 Å². The topological polar surface area (TPSA) is 73.8 Å². The number of hydrogen-bond donors (Lipinski definition) is 1. The highest BCUT2D eigenvalue weighted by atomic mass is 35.5. The molecule has 2 aromatic carbocycles. The van der Waals surface area contributed by atoms with Crippen molar-refractivity contribution in [1.29, 1.82) is 0 Å². The van der Waals surface area contributed by atoms with Crippen molar-refractivity contribution in [2.75, 3.05) is 75.4 Å². The Morgan fingerprint density at radius 3 is 2.50 bits per heavy atom. The zero-order chi connectivity index (χ0) is 27.9. The van der Waals surface area contributed by atoms with E-state index in [4.69, 9.17) is 26.3 Å². The van der Waals surface area contributed by atoms with Gasteiger partial charge in [-0.15, -0.1) is 0 Å². The number of amides is 1. The van der Waals surface area contributed by atoms with Crippen LogP contribution in [0, 0.1) is 13.8 Å². The van der Waals surface area contributed by atoms with Gasteiger partial charge in [0.25, 0.3) is 5.91 Å². The minimum atomic E-state index is -0.0410. The van der Waals surface area contributed by atoms with Crippen LogP contribution in [0.2, 0.25) is 5.02 Å². The number of benzene rings is 2. The predicted octanol–water partition coefficient (Wildman–Crippen LogP) is 4.43. The first kappa shape index (κ1) is 28.7. The first-order valence-electron chi connectivity index (χ1n) is 13.9. The van der Waals surface area contributed by atoms with Crippen LogP contribution in [-0.4, -0.2) is 86.3 Å². The van der Waals surface area contributed by atoms with Gasteiger partial charge in [0.05, 0.1) is 23.9 Å². The summed E-state index contributed by atoms with van der Waals surface area (Å²) < 4.78 is 5.39. The second kappa shape index (κ2) is 13.7. The molecule has 0 atom stereocenters. The number of aryl methyl sites for hydroxylation is 1. The molecular formula is C30H37ClN6O2S. The van der Waals surface area contributed by atoms with Crippen molar-refractivity contribution < 1.29 is 9.53 Å². The molecule has 0 saturated carbocycles. The van der Waals surface area contributed by atoms with Gasteiger partial charge in [-0.2, -0.15) is 0 Å². The third-order valence-electron chi connectivity index (χ3n) is 7.49. The summed E-state index contributed by atoms with van der Waals surface area (Å²) in [5, 5.41) is 4.60. The molecule has 212 valence electrons. The Kier molecular flexibility index (Phi) is 9.80. The summed E-state index contributed by atoms with van der Waals surface area (Å²) >= 11 is 8.04. The van der Waals surface area contributed by atoms with Crippen molar-refractivity contribution in [3.63, 3.8) is 0 Å². The molecule has 2 saturated heterocycles. The van der Waals surface area contributed by atoms with Gasteiger partial charge in [-0.25, -0.2) is 9.97 Å². The number of ether oxygens (including phenoxy) is 1. The molecule has 40 heavy (non-hydrogen) atoms. The van der Waals surface area contributed by atoms with Gasteiger partial charge in [0, 0.05) is 74.9 Å². The number of carbonyl (C=O) groups is 1. The Balaban J connectivity index is 1.17. The normalized spacial score (nSPS) is 16.3. The molecule has 2 fully saturated rings. The smallest absolute Gasteiger partial charge is 0.251 e. The lowest BCUT2D eigenvalue weighted by Gasteiger charge is -2.37. The number of rotatable bonds is 9. The Morgan fingerprint density at radius 1 is 0.975 bits per heavy atom. The highest BCUT2D eigenvalue weighted by molar-refractivity contribution is 7.98. The SMILES string of the molecule is Cc1nc(SCc2cccc(C(=O)NCCN3CCOCC3)c2)nc(N2CCN(c3ccccc3Cl)CC2)c1C. The highest BCUT2D eigenvalue weighted by Crippen LogP contribution is 2.30. The molecule has 0 radical (unpaired) electrons. The quantitative estimate of drug-likeness (QED) is 0.294. The molecule has 1 aromatic heterocycles. The van der Waals surface area contributed by atoms with Crippen LogP contribution in [0.3, 0.4) is 0 Å². The van der Waals surface area contributed by atoms with Gasteiger partial charge in [-0.1, -0.05) is 47.6 Å². The van der Waals surface area contributed by atoms with Gasteiger partial charge in [0.15, 0.2) is 5.16 Å².